The fourth-order valence-electron chi connectivity index (χ4n) is 9.87. The van der Waals surface area contributed by atoms with Gasteiger partial charge in [-0.2, -0.15) is 0 Å². The number of hydrogen-bond donors (Lipinski definition) is 6. The van der Waals surface area contributed by atoms with Crippen LogP contribution in [0.4, 0.5) is 21.2 Å². The summed E-state index contributed by atoms with van der Waals surface area (Å²) in [7, 11) is 3.12. The Hall–Kier alpha value is -6.00. The van der Waals surface area contributed by atoms with Crippen molar-refractivity contribution in [2.24, 2.45) is 0 Å². The minimum atomic E-state index is -0.547. The number of nitrogens with zero attached hydrogens (tertiary/aromatic N) is 7. The number of piperidine rings is 4. The van der Waals surface area contributed by atoms with E-state index >= 15 is 0 Å². The second kappa shape index (κ2) is 24.3. The van der Waals surface area contributed by atoms with E-state index in [1.807, 2.05) is 90.1 Å². The quantitative estimate of drug-likeness (QED) is 0.0837. The van der Waals surface area contributed by atoms with Gasteiger partial charge in [0.1, 0.15) is 55.6 Å². The molecule has 19 nitrogen and oxygen atoms in total. The van der Waals surface area contributed by atoms with Gasteiger partial charge in [0.05, 0.1) is 20.4 Å². The van der Waals surface area contributed by atoms with Crippen LogP contribution in [0.15, 0.2) is 58.1 Å². The first-order chi connectivity index (χ1) is 35.9. The van der Waals surface area contributed by atoms with Gasteiger partial charge in [-0.3, -0.25) is 9.59 Å². The van der Waals surface area contributed by atoms with E-state index in [9.17, 15) is 19.2 Å². The van der Waals surface area contributed by atoms with Crippen LogP contribution < -0.4 is 27.1 Å². The third-order valence-electron chi connectivity index (χ3n) is 13.5. The number of aliphatic hydroxyl groups is 1. The molecule has 4 aromatic heterocycles. The zero-order chi connectivity index (χ0) is 53.4. The van der Waals surface area contributed by atoms with E-state index in [0.717, 1.165) is 111 Å². The summed E-state index contributed by atoms with van der Waals surface area (Å²) in [5.41, 5.74) is 1.20. The van der Waals surface area contributed by atoms with Crippen LogP contribution in [0, 0.1) is 0 Å². The van der Waals surface area contributed by atoms with Crippen molar-refractivity contribution >= 4 is 66.9 Å². The van der Waals surface area contributed by atoms with Gasteiger partial charge in [0.2, 0.25) is 0 Å². The van der Waals surface area contributed by atoms with Crippen LogP contribution in [-0.2, 0) is 9.47 Å². The lowest BCUT2D eigenvalue weighted by atomic mass is 9.96. The highest BCUT2D eigenvalue weighted by Crippen LogP contribution is 2.36. The zero-order valence-electron chi connectivity index (χ0n) is 44.6. The molecule has 0 bridgehead atoms. The van der Waals surface area contributed by atoms with Crippen molar-refractivity contribution in [3.63, 3.8) is 0 Å². The van der Waals surface area contributed by atoms with Crippen molar-refractivity contribution in [3.8, 4) is 21.1 Å². The molecule has 2 amide bonds. The van der Waals surface area contributed by atoms with Crippen LogP contribution in [-0.4, -0.2) is 152 Å². The molecule has 4 aliphatic rings. The van der Waals surface area contributed by atoms with Crippen LogP contribution in [0.25, 0.3) is 41.6 Å². The van der Waals surface area contributed by atoms with Gasteiger partial charge in [-0.15, -0.1) is 22.7 Å². The summed E-state index contributed by atoms with van der Waals surface area (Å²) >= 11 is 2.98. The van der Waals surface area contributed by atoms with Crippen molar-refractivity contribution in [1.82, 2.24) is 49.9 Å². The summed E-state index contributed by atoms with van der Waals surface area (Å²) in [5, 5.41) is 18.7. The molecule has 6 N–H and O–H groups in total. The molecule has 4 saturated heterocycles. The number of ether oxygens (including phenoxy) is 2. The maximum Gasteiger partial charge on any atom is 0.410 e. The number of amides is 2. The molecule has 4 fully saturated rings. The Morgan fingerprint density at radius 1 is 0.613 bits per heavy atom. The van der Waals surface area contributed by atoms with Crippen molar-refractivity contribution < 1.29 is 24.2 Å². The second-order valence-corrected chi connectivity index (χ2v) is 23.8. The van der Waals surface area contributed by atoms with Gasteiger partial charge >= 0.3 is 12.2 Å². The number of aromatic nitrogens is 6. The Balaban J connectivity index is 0.000000193. The number of rotatable bonds is 8. The summed E-state index contributed by atoms with van der Waals surface area (Å²) in [4.78, 5) is 83.9. The Morgan fingerprint density at radius 2 is 1.03 bits per heavy atom. The molecule has 0 saturated carbocycles. The molecular weight excluding hydrogens is 993 g/mol. The molecule has 404 valence electrons. The molecule has 0 spiro atoms. The normalized spacial score (nSPS) is 19.2. The zero-order valence-corrected chi connectivity index (χ0v) is 46.2. The molecule has 0 unspecified atom stereocenters. The molecule has 10 rings (SSSR count). The summed E-state index contributed by atoms with van der Waals surface area (Å²) in [6, 6.07) is 15.7. The van der Waals surface area contributed by atoms with Gasteiger partial charge in [-0.05, 0) is 150 Å². The maximum atomic E-state index is 13.6. The number of aliphatic hydroxyl groups excluding tert-OH is 1. The average molecular weight is 1070 g/mol. The van der Waals surface area contributed by atoms with E-state index in [2.05, 4.69) is 37.9 Å². The number of carbonyl (C=O) groups excluding carboxylic acids is 2. The number of benzene rings is 2. The van der Waals surface area contributed by atoms with Gasteiger partial charge in [0.15, 0.2) is 0 Å². The predicted molar refractivity (Wildman–Crippen MR) is 298 cm³/mol. The molecule has 75 heavy (non-hydrogen) atoms. The lowest BCUT2D eigenvalue weighted by molar-refractivity contribution is 0.0196. The monoisotopic (exact) mass is 1070 g/mol. The number of H-pyrrole nitrogens is 2. The van der Waals surface area contributed by atoms with Crippen molar-refractivity contribution in [1.29, 1.82) is 0 Å². The predicted octanol–water partition coefficient (Wildman–Crippen LogP) is 8.60. The molecular formula is C54H74N12O7S2. The molecule has 0 radical (unpaired) electrons. The highest BCUT2D eigenvalue weighted by molar-refractivity contribution is 7.22. The highest BCUT2D eigenvalue weighted by Gasteiger charge is 2.32. The van der Waals surface area contributed by atoms with E-state index < -0.39 is 11.2 Å². The largest absolute Gasteiger partial charge is 0.444 e. The molecule has 6 aromatic rings. The molecule has 4 aliphatic heterocycles. The van der Waals surface area contributed by atoms with Crippen molar-refractivity contribution in [2.45, 2.75) is 128 Å². The van der Waals surface area contributed by atoms with E-state index in [1.165, 1.54) is 22.7 Å². The molecule has 0 aliphatic carbocycles. The number of thiazole rings is 2. The lowest BCUT2D eigenvalue weighted by Crippen LogP contribution is -2.47. The van der Waals surface area contributed by atoms with E-state index in [-0.39, 0.29) is 47.2 Å². The number of aromatic amines is 2. The first-order valence-corrected chi connectivity index (χ1v) is 27.9. The molecule has 2 atom stereocenters. The minimum Gasteiger partial charge on any atom is -0.444 e. The first kappa shape index (κ1) is 55.2. The number of hydrogen-bond acceptors (Lipinski definition) is 17. The van der Waals surface area contributed by atoms with Gasteiger partial charge in [-0.1, -0.05) is 24.3 Å². The van der Waals surface area contributed by atoms with E-state index in [0.29, 0.717) is 64.8 Å². The third kappa shape index (κ3) is 14.3. The molecule has 21 heteroatoms. The number of fused-ring (bicyclic) bond motifs is 2. The van der Waals surface area contributed by atoms with Crippen LogP contribution in [0.1, 0.15) is 116 Å². The summed E-state index contributed by atoms with van der Waals surface area (Å²) in [5.74, 6) is 2.95. The first-order valence-electron chi connectivity index (χ1n) is 26.3. The number of anilines is 2. The SMILES string of the molecule is CC(C)(C)OC(=O)N1CCC[C@@H](Nc2nc(C3CCNCC3)[nH]c(=O)c2-c2nc3ccccc3s2)C1.CN1CCC(c2nc(N[C@@H]3CCCN(C(=O)OC(C)(C)C)C3)c(-c3nc4ccccc4s3)c(=O)[nH]2)CC1.CO. The smallest absolute Gasteiger partial charge is 0.410 e. The van der Waals surface area contributed by atoms with E-state index in [1.54, 1.807) is 9.80 Å². The lowest BCUT2D eigenvalue weighted by Gasteiger charge is -2.35. The number of nitrogens with one attached hydrogen (secondary N) is 5. The fraction of sp³-hybridized carbons (Fsp3) is 0.556. The van der Waals surface area contributed by atoms with Crippen molar-refractivity contribution in [3.05, 3.63) is 80.9 Å². The topological polar surface area (TPSA) is 236 Å². The Kier molecular flexibility index (Phi) is 17.9. The molecule has 2 aromatic carbocycles. The van der Waals surface area contributed by atoms with E-state index in [4.69, 9.17) is 34.5 Å². The minimum absolute atomic E-state index is 0.0467. The standard InChI is InChI=1S/C27H36N6O3S.C26H34N6O3S.CH4O/c1-27(2,3)36-26(35)33-13-7-8-18(16-33)28-23-21(25-29-19-9-5-6-10-20(19)37-25)24(34)31-22(30-23)17-11-14-32(4)15-12-17;1-26(2,3)35-25(34)32-14-6-7-17(15-32)28-22-20(24-29-18-8-4-5-9-19(18)36-24)23(33)31-21(30-22)16-10-12-27-13-11-16;1-2/h5-6,9-10,17-18H,7-8,11-16H2,1-4H3,(H2,28,30,31,34);4-5,8-9,16-17,27H,6-7,10-15H2,1-3H3,(H2,28,30,31,33);2H,1H3/t18-;17-;/m11./s1. The van der Waals surface area contributed by atoms with Crippen LogP contribution in [0.3, 0.4) is 0 Å². The van der Waals surface area contributed by atoms with Crippen molar-refractivity contribution in [2.75, 3.05) is 77.1 Å². The Bertz CT molecular complexity index is 2950. The Labute approximate surface area is 446 Å². The summed E-state index contributed by atoms with van der Waals surface area (Å²) in [6.45, 7) is 17.3. The maximum absolute atomic E-state index is 13.6. The summed E-state index contributed by atoms with van der Waals surface area (Å²) in [6.07, 6.45) is 6.58. The van der Waals surface area contributed by atoms with Crippen LogP contribution >= 0.6 is 22.7 Å². The fourth-order valence-corrected chi connectivity index (χ4v) is 11.9. The second-order valence-electron chi connectivity index (χ2n) is 21.7. The van der Waals surface area contributed by atoms with Crippen LogP contribution in [0.5, 0.6) is 0 Å². The Morgan fingerprint density at radius 3 is 1.44 bits per heavy atom. The number of likely N-dealkylation sites (tertiary alicyclic amines) is 3. The summed E-state index contributed by atoms with van der Waals surface area (Å²) < 4.78 is 13.2. The number of carbonyl (C=O) groups is 2. The van der Waals surface area contributed by atoms with Gasteiger partial charge in [0, 0.05) is 57.2 Å². The van der Waals surface area contributed by atoms with Gasteiger partial charge < -0.3 is 55.2 Å². The van der Waals surface area contributed by atoms with Gasteiger partial charge in [-0.25, -0.2) is 29.5 Å². The van der Waals surface area contributed by atoms with Gasteiger partial charge in [0.25, 0.3) is 11.1 Å². The molecule has 8 heterocycles. The number of para-hydroxylation sites is 2. The van der Waals surface area contributed by atoms with Crippen LogP contribution in [0.2, 0.25) is 0 Å². The third-order valence-corrected chi connectivity index (χ3v) is 15.7. The average Bonchev–Trinajstić information content (AvgIpc) is 4.01. The highest BCUT2D eigenvalue weighted by atomic mass is 32.1.